The summed E-state index contributed by atoms with van der Waals surface area (Å²) < 4.78 is 13.7. The largest absolute Gasteiger partial charge is 0.327 e. The van der Waals surface area contributed by atoms with Crippen molar-refractivity contribution in [2.75, 3.05) is 0 Å². The third-order valence-corrected chi connectivity index (χ3v) is 3.45. The second-order valence-corrected chi connectivity index (χ2v) is 4.75. The average molecular weight is 224 g/mol. The zero-order valence-electron chi connectivity index (χ0n) is 9.11. The summed E-state index contributed by atoms with van der Waals surface area (Å²) in [4.78, 5) is 10.3. The smallest absolute Gasteiger partial charge is 0.275 e. The molecule has 0 amide bonds. The van der Waals surface area contributed by atoms with Crippen LogP contribution in [0.1, 0.15) is 25.3 Å². The van der Waals surface area contributed by atoms with E-state index in [1.165, 1.54) is 18.2 Å². The monoisotopic (exact) mass is 224 g/mol. The van der Waals surface area contributed by atoms with Crippen LogP contribution in [0.5, 0.6) is 0 Å². The molecular formula is C11H13FN2O2. The highest BCUT2D eigenvalue weighted by Crippen LogP contribution is 2.59. The van der Waals surface area contributed by atoms with Gasteiger partial charge in [-0.2, -0.15) is 0 Å². The Morgan fingerprint density at radius 2 is 2.06 bits per heavy atom. The molecule has 0 unspecified atom stereocenters. The zero-order valence-corrected chi connectivity index (χ0v) is 9.11. The fourth-order valence-electron chi connectivity index (χ4n) is 2.22. The molecule has 1 fully saturated rings. The first kappa shape index (κ1) is 11.0. The van der Waals surface area contributed by atoms with E-state index in [0.29, 0.717) is 0 Å². The van der Waals surface area contributed by atoms with E-state index in [4.69, 9.17) is 5.73 Å². The van der Waals surface area contributed by atoms with E-state index in [2.05, 4.69) is 0 Å². The summed E-state index contributed by atoms with van der Waals surface area (Å²) in [5, 5.41) is 10.8. The highest BCUT2D eigenvalue weighted by Gasteiger charge is 2.59. The Labute approximate surface area is 92.4 Å². The predicted molar refractivity (Wildman–Crippen MR) is 57.6 cm³/mol. The van der Waals surface area contributed by atoms with Crippen molar-refractivity contribution >= 4 is 5.69 Å². The summed E-state index contributed by atoms with van der Waals surface area (Å²) in [6, 6.07) is 3.68. The van der Waals surface area contributed by atoms with Crippen LogP contribution in [0.25, 0.3) is 0 Å². The number of nitro groups is 1. The van der Waals surface area contributed by atoms with Crippen LogP contribution in [0, 0.1) is 21.3 Å². The molecule has 1 aliphatic rings. The lowest BCUT2D eigenvalue weighted by molar-refractivity contribution is -0.385. The Bertz CT molecular complexity index is 459. The second kappa shape index (κ2) is 3.25. The summed E-state index contributed by atoms with van der Waals surface area (Å²) in [6.45, 7) is 3.77. The van der Waals surface area contributed by atoms with Gasteiger partial charge in [0.1, 0.15) is 5.82 Å². The van der Waals surface area contributed by atoms with Gasteiger partial charge in [0.2, 0.25) is 0 Å². The number of halogens is 1. The van der Waals surface area contributed by atoms with Gasteiger partial charge in [-0.1, -0.05) is 19.9 Å². The number of nitrogens with two attached hydrogens (primary N) is 1. The van der Waals surface area contributed by atoms with E-state index in [1.807, 2.05) is 13.8 Å². The minimum Gasteiger partial charge on any atom is -0.327 e. The lowest BCUT2D eigenvalue weighted by Crippen LogP contribution is -2.07. The summed E-state index contributed by atoms with van der Waals surface area (Å²) >= 11 is 0. The fourth-order valence-corrected chi connectivity index (χ4v) is 2.22. The average Bonchev–Trinajstić information content (AvgIpc) is 2.66. The molecular weight excluding hydrogens is 211 g/mol. The molecule has 1 aliphatic carbocycles. The van der Waals surface area contributed by atoms with E-state index in [1.54, 1.807) is 0 Å². The Hall–Kier alpha value is -1.49. The van der Waals surface area contributed by atoms with E-state index < -0.39 is 10.7 Å². The SMILES string of the molecule is CC1(C)[C@H](N)[C@H]1c1c(F)cccc1[N+](=O)[O-]. The topological polar surface area (TPSA) is 69.2 Å². The van der Waals surface area contributed by atoms with E-state index >= 15 is 0 Å². The molecule has 0 spiro atoms. The van der Waals surface area contributed by atoms with Gasteiger partial charge >= 0.3 is 0 Å². The highest BCUT2D eigenvalue weighted by molar-refractivity contribution is 5.49. The van der Waals surface area contributed by atoms with Crippen molar-refractivity contribution in [3.8, 4) is 0 Å². The molecule has 0 aliphatic heterocycles. The maximum atomic E-state index is 13.7. The maximum Gasteiger partial charge on any atom is 0.275 e. The Balaban J connectivity index is 2.53. The Morgan fingerprint density at radius 3 is 2.50 bits per heavy atom. The molecule has 16 heavy (non-hydrogen) atoms. The van der Waals surface area contributed by atoms with Crippen molar-refractivity contribution in [3.05, 3.63) is 39.7 Å². The Morgan fingerprint density at radius 1 is 1.50 bits per heavy atom. The van der Waals surface area contributed by atoms with Crippen molar-refractivity contribution in [1.82, 2.24) is 0 Å². The zero-order chi connectivity index (χ0) is 12.1. The molecule has 4 nitrogen and oxygen atoms in total. The van der Waals surface area contributed by atoms with Gasteiger partial charge in [0.25, 0.3) is 5.69 Å². The summed E-state index contributed by atoms with van der Waals surface area (Å²) in [5.41, 5.74) is 5.52. The van der Waals surface area contributed by atoms with Crippen LogP contribution >= 0.6 is 0 Å². The third kappa shape index (κ3) is 1.39. The van der Waals surface area contributed by atoms with Gasteiger partial charge in [-0.15, -0.1) is 0 Å². The standard InChI is InChI=1S/C11H13FN2O2/c1-11(2)9(10(11)13)8-6(12)4-3-5-7(8)14(15)16/h3-5,9-10H,13H2,1-2H3/t9-,10-/m1/s1. The van der Waals surface area contributed by atoms with Crippen molar-refractivity contribution in [1.29, 1.82) is 0 Å². The van der Waals surface area contributed by atoms with Crippen LogP contribution in [0.3, 0.4) is 0 Å². The quantitative estimate of drug-likeness (QED) is 0.618. The molecule has 2 atom stereocenters. The molecule has 1 aromatic carbocycles. The van der Waals surface area contributed by atoms with Gasteiger partial charge in [-0.05, 0) is 11.5 Å². The first-order valence-corrected chi connectivity index (χ1v) is 5.05. The van der Waals surface area contributed by atoms with Gasteiger partial charge < -0.3 is 5.73 Å². The number of rotatable bonds is 2. The molecule has 0 aromatic heterocycles. The maximum absolute atomic E-state index is 13.7. The van der Waals surface area contributed by atoms with Crippen LogP contribution in [0.4, 0.5) is 10.1 Å². The molecule has 0 radical (unpaired) electrons. The van der Waals surface area contributed by atoms with Crippen LogP contribution < -0.4 is 5.73 Å². The lowest BCUT2D eigenvalue weighted by Gasteiger charge is -2.05. The molecule has 0 saturated heterocycles. The first-order valence-electron chi connectivity index (χ1n) is 5.05. The van der Waals surface area contributed by atoms with Crippen molar-refractivity contribution < 1.29 is 9.31 Å². The molecule has 5 heteroatoms. The van der Waals surface area contributed by atoms with Crippen molar-refractivity contribution in [2.24, 2.45) is 11.1 Å². The number of nitrogens with zero attached hydrogens (tertiary/aromatic N) is 1. The summed E-state index contributed by atoms with van der Waals surface area (Å²) in [5.74, 6) is -0.811. The van der Waals surface area contributed by atoms with Gasteiger partial charge in [-0.25, -0.2) is 4.39 Å². The molecule has 0 heterocycles. The number of nitro benzene ring substituents is 1. The number of hydrogen-bond donors (Lipinski definition) is 1. The molecule has 1 saturated carbocycles. The molecule has 0 bridgehead atoms. The van der Waals surface area contributed by atoms with E-state index in [-0.39, 0.29) is 28.6 Å². The minimum absolute atomic E-state index is 0.144. The lowest BCUT2D eigenvalue weighted by atomic mass is 10.0. The first-order chi connectivity index (χ1) is 7.37. The van der Waals surface area contributed by atoms with Crippen LogP contribution in [0.15, 0.2) is 18.2 Å². The molecule has 86 valence electrons. The number of hydrogen-bond acceptors (Lipinski definition) is 3. The van der Waals surface area contributed by atoms with Crippen LogP contribution in [0.2, 0.25) is 0 Å². The normalized spacial score (nSPS) is 26.5. The van der Waals surface area contributed by atoms with Crippen molar-refractivity contribution in [2.45, 2.75) is 25.8 Å². The molecule has 2 rings (SSSR count). The van der Waals surface area contributed by atoms with Crippen molar-refractivity contribution in [3.63, 3.8) is 0 Å². The minimum atomic E-state index is -0.556. The summed E-state index contributed by atoms with van der Waals surface area (Å²) in [6.07, 6.45) is 0. The van der Waals surface area contributed by atoms with E-state index in [9.17, 15) is 14.5 Å². The predicted octanol–water partition coefficient (Wildman–Crippen LogP) is 2.18. The Kier molecular flexibility index (Phi) is 2.24. The van der Waals surface area contributed by atoms with Crippen LogP contribution in [-0.4, -0.2) is 11.0 Å². The van der Waals surface area contributed by atoms with Gasteiger partial charge in [-0.3, -0.25) is 10.1 Å². The molecule has 2 N–H and O–H groups in total. The van der Waals surface area contributed by atoms with Gasteiger partial charge in [0.05, 0.1) is 10.5 Å². The van der Waals surface area contributed by atoms with Gasteiger partial charge in [0, 0.05) is 18.0 Å². The second-order valence-electron chi connectivity index (χ2n) is 4.75. The highest BCUT2D eigenvalue weighted by atomic mass is 19.1. The number of benzene rings is 1. The summed E-state index contributed by atoms with van der Waals surface area (Å²) in [7, 11) is 0. The fraction of sp³-hybridized carbons (Fsp3) is 0.455. The van der Waals surface area contributed by atoms with Gasteiger partial charge in [0.15, 0.2) is 0 Å². The van der Waals surface area contributed by atoms with Crippen LogP contribution in [-0.2, 0) is 0 Å². The van der Waals surface area contributed by atoms with E-state index in [0.717, 1.165) is 0 Å². The third-order valence-electron chi connectivity index (χ3n) is 3.45. The molecule has 1 aromatic rings.